The van der Waals surface area contributed by atoms with E-state index in [1.807, 2.05) is 6.08 Å². The number of halogens is 2. The molecule has 1 unspecified atom stereocenters. The molecule has 0 aromatic carbocycles. The average Bonchev–Trinajstić information content (AvgIpc) is 2.11. The van der Waals surface area contributed by atoms with Crippen molar-refractivity contribution in [1.82, 2.24) is 0 Å². The molecule has 0 saturated heterocycles. The molecule has 1 rings (SSSR count). The van der Waals surface area contributed by atoms with Crippen LogP contribution < -0.4 is 0 Å². The van der Waals surface area contributed by atoms with Gasteiger partial charge in [0.25, 0.3) is 0 Å². The summed E-state index contributed by atoms with van der Waals surface area (Å²) in [5, 5.41) is 0.532. The summed E-state index contributed by atoms with van der Waals surface area (Å²) >= 11 is 9.11. The van der Waals surface area contributed by atoms with Crippen molar-refractivity contribution in [1.29, 1.82) is 0 Å². The first-order valence-electron chi connectivity index (χ1n) is 3.52. The smallest absolute Gasteiger partial charge is 0.129 e. The van der Waals surface area contributed by atoms with Gasteiger partial charge in [-0.1, -0.05) is 30.7 Å². The third-order valence-corrected chi connectivity index (χ3v) is 2.51. The predicted molar refractivity (Wildman–Crippen MR) is 53.2 cm³/mol. The molecule has 60 valence electrons. The van der Waals surface area contributed by atoms with Crippen LogP contribution in [0.4, 0.5) is 0 Å². The maximum atomic E-state index is 5.73. The zero-order valence-electron chi connectivity index (χ0n) is 6.22. The molecule has 0 N–H and O–H groups in total. The molecule has 0 fully saturated rings. The Morgan fingerprint density at radius 2 is 2.45 bits per heavy atom. The Morgan fingerprint density at radius 1 is 1.73 bits per heavy atom. The molecule has 1 nitrogen and oxygen atoms in total. The van der Waals surface area contributed by atoms with Crippen molar-refractivity contribution in [2.45, 2.75) is 13.3 Å². The number of nitrogens with zero attached hydrogens (tertiary/aromatic N) is 1. The predicted octanol–water partition coefficient (Wildman–Crippen LogP) is 3.46. The second-order valence-corrected chi connectivity index (χ2v) is 3.52. The minimum Gasteiger partial charge on any atom is -0.233 e. The highest BCUT2D eigenvalue weighted by molar-refractivity contribution is 9.18. The van der Waals surface area contributed by atoms with E-state index in [9.17, 15) is 0 Å². The van der Waals surface area contributed by atoms with Crippen molar-refractivity contribution in [3.05, 3.63) is 23.4 Å². The van der Waals surface area contributed by atoms with Crippen LogP contribution in [0.25, 0.3) is 0 Å². The molecule has 0 aromatic rings. The Hall–Kier alpha value is -0.0800. The van der Waals surface area contributed by atoms with E-state index in [1.165, 1.54) is 0 Å². The van der Waals surface area contributed by atoms with Gasteiger partial charge >= 0.3 is 0 Å². The van der Waals surface area contributed by atoms with Crippen LogP contribution in [-0.4, -0.2) is 4.62 Å². The molecule has 1 aliphatic heterocycles. The van der Waals surface area contributed by atoms with E-state index >= 15 is 0 Å². The second kappa shape index (κ2) is 4.07. The molecule has 0 aromatic heterocycles. The Kier molecular flexibility index (Phi) is 3.34. The molecule has 0 spiro atoms. The second-order valence-electron chi connectivity index (χ2n) is 2.32. The standard InChI is InChI=1S/C8H9BrClN/c1-2-6-4-3-5-7(10)11-8(6)9/h3-6H,2H2,1H3. The van der Waals surface area contributed by atoms with Crippen molar-refractivity contribution in [3.63, 3.8) is 0 Å². The highest BCUT2D eigenvalue weighted by Gasteiger charge is 2.09. The van der Waals surface area contributed by atoms with E-state index in [1.54, 1.807) is 6.08 Å². The van der Waals surface area contributed by atoms with Crippen LogP contribution in [0.15, 0.2) is 28.4 Å². The first kappa shape index (κ1) is 9.01. The van der Waals surface area contributed by atoms with Gasteiger partial charge in [-0.3, -0.25) is 0 Å². The number of hydrogen-bond acceptors (Lipinski definition) is 1. The Morgan fingerprint density at radius 3 is 3.09 bits per heavy atom. The summed E-state index contributed by atoms with van der Waals surface area (Å²) in [5.74, 6) is 0.377. The third-order valence-electron chi connectivity index (χ3n) is 1.54. The molecule has 0 radical (unpaired) electrons. The molecule has 1 heterocycles. The number of aliphatic imine (C=N–C) groups is 1. The number of hydrogen-bond donors (Lipinski definition) is 0. The van der Waals surface area contributed by atoms with E-state index in [2.05, 4.69) is 33.9 Å². The molecule has 3 heteroatoms. The van der Waals surface area contributed by atoms with Gasteiger partial charge < -0.3 is 0 Å². The highest BCUT2D eigenvalue weighted by Crippen LogP contribution is 2.19. The quantitative estimate of drug-likeness (QED) is 0.616. The lowest BCUT2D eigenvalue weighted by Crippen LogP contribution is -2.02. The molecule has 0 amide bonds. The fourth-order valence-electron chi connectivity index (χ4n) is 0.875. The normalized spacial score (nSPS) is 24.1. The van der Waals surface area contributed by atoms with Crippen LogP contribution in [0.3, 0.4) is 0 Å². The lowest BCUT2D eigenvalue weighted by atomic mass is 10.1. The molecule has 0 bridgehead atoms. The van der Waals surface area contributed by atoms with Gasteiger partial charge in [-0.2, -0.15) is 0 Å². The summed E-state index contributed by atoms with van der Waals surface area (Å²) in [6.45, 7) is 2.12. The average molecular weight is 235 g/mol. The zero-order chi connectivity index (χ0) is 8.27. The van der Waals surface area contributed by atoms with Gasteiger partial charge in [0.15, 0.2) is 0 Å². The van der Waals surface area contributed by atoms with Crippen molar-refractivity contribution < 1.29 is 0 Å². The first-order valence-corrected chi connectivity index (χ1v) is 4.69. The van der Waals surface area contributed by atoms with E-state index in [0.717, 1.165) is 11.0 Å². The van der Waals surface area contributed by atoms with Crippen LogP contribution in [0.2, 0.25) is 0 Å². The Bertz CT molecular complexity index is 230. The molecule has 11 heavy (non-hydrogen) atoms. The topological polar surface area (TPSA) is 12.4 Å². The maximum absolute atomic E-state index is 5.73. The third kappa shape index (κ3) is 2.46. The summed E-state index contributed by atoms with van der Waals surface area (Å²) in [6.07, 6.45) is 6.86. The number of allylic oxidation sites excluding steroid dienone is 3. The summed E-state index contributed by atoms with van der Waals surface area (Å²) in [4.78, 5) is 4.13. The van der Waals surface area contributed by atoms with Gasteiger partial charge in [-0.25, -0.2) is 4.99 Å². The Balaban J connectivity index is 2.85. The molecular weight excluding hydrogens is 225 g/mol. The van der Waals surface area contributed by atoms with Crippen LogP contribution in [0, 0.1) is 5.92 Å². The van der Waals surface area contributed by atoms with Crippen LogP contribution >= 0.6 is 27.5 Å². The van der Waals surface area contributed by atoms with Gasteiger partial charge in [0.2, 0.25) is 0 Å². The van der Waals surface area contributed by atoms with E-state index in [0.29, 0.717) is 11.1 Å². The lowest BCUT2D eigenvalue weighted by molar-refractivity contribution is 0.829. The summed E-state index contributed by atoms with van der Waals surface area (Å²) in [7, 11) is 0. The van der Waals surface area contributed by atoms with Crippen LogP contribution in [0.5, 0.6) is 0 Å². The molecular formula is C8H9BrClN. The molecule has 1 atom stereocenters. The monoisotopic (exact) mass is 233 g/mol. The van der Waals surface area contributed by atoms with Gasteiger partial charge in [0, 0.05) is 5.92 Å². The largest absolute Gasteiger partial charge is 0.233 e. The first-order chi connectivity index (χ1) is 5.24. The minimum atomic E-state index is 0.377. The van der Waals surface area contributed by atoms with Gasteiger partial charge in [-0.05, 0) is 28.4 Å². The zero-order valence-corrected chi connectivity index (χ0v) is 8.56. The van der Waals surface area contributed by atoms with E-state index in [-0.39, 0.29) is 0 Å². The van der Waals surface area contributed by atoms with Gasteiger partial charge in [0.05, 0.1) is 4.62 Å². The molecule has 1 aliphatic rings. The Labute approximate surface area is 80.0 Å². The van der Waals surface area contributed by atoms with Gasteiger partial charge in [-0.15, -0.1) is 0 Å². The fraction of sp³-hybridized carbons (Fsp3) is 0.375. The number of rotatable bonds is 1. The molecule has 0 saturated carbocycles. The van der Waals surface area contributed by atoms with Crippen molar-refractivity contribution in [2.75, 3.05) is 0 Å². The lowest BCUT2D eigenvalue weighted by Gasteiger charge is -2.04. The SMILES string of the molecule is CCC1C=CC=C(Cl)N=C1Br. The van der Waals surface area contributed by atoms with Crippen LogP contribution in [-0.2, 0) is 0 Å². The molecule has 0 aliphatic carbocycles. The maximum Gasteiger partial charge on any atom is 0.129 e. The van der Waals surface area contributed by atoms with Crippen LogP contribution in [0.1, 0.15) is 13.3 Å². The highest BCUT2D eigenvalue weighted by atomic mass is 79.9. The fourth-order valence-corrected chi connectivity index (χ4v) is 1.81. The van der Waals surface area contributed by atoms with Crippen molar-refractivity contribution in [2.24, 2.45) is 10.9 Å². The van der Waals surface area contributed by atoms with Crippen molar-refractivity contribution >= 4 is 32.2 Å². The summed E-state index contributed by atoms with van der Waals surface area (Å²) < 4.78 is 0.912. The minimum absolute atomic E-state index is 0.377. The summed E-state index contributed by atoms with van der Waals surface area (Å²) in [5.41, 5.74) is 0. The van der Waals surface area contributed by atoms with Gasteiger partial charge in [0.1, 0.15) is 5.16 Å². The van der Waals surface area contributed by atoms with Crippen molar-refractivity contribution in [3.8, 4) is 0 Å². The van der Waals surface area contributed by atoms with E-state index < -0.39 is 0 Å². The van der Waals surface area contributed by atoms with E-state index in [4.69, 9.17) is 11.6 Å². The summed E-state index contributed by atoms with van der Waals surface area (Å²) in [6, 6.07) is 0.